The number of carbonyl (C=O) groups excluding carboxylic acids is 1. The molecule has 0 aliphatic carbocycles. The van der Waals surface area contributed by atoms with Crippen LogP contribution in [0.15, 0.2) is 48.5 Å². The third kappa shape index (κ3) is 5.88. The van der Waals surface area contributed by atoms with Gasteiger partial charge >= 0.3 is 0 Å². The predicted molar refractivity (Wildman–Crippen MR) is 125 cm³/mol. The molecule has 3 rings (SSSR count). The van der Waals surface area contributed by atoms with Crippen LogP contribution in [-0.4, -0.2) is 37.2 Å². The van der Waals surface area contributed by atoms with Crippen LogP contribution in [-0.2, 0) is 21.5 Å². The van der Waals surface area contributed by atoms with Crippen molar-refractivity contribution < 1.29 is 14.3 Å². The summed E-state index contributed by atoms with van der Waals surface area (Å²) in [6.45, 7) is 10.4. The van der Waals surface area contributed by atoms with Gasteiger partial charge in [-0.1, -0.05) is 55.8 Å². The molecule has 168 valence electrons. The fourth-order valence-electron chi connectivity index (χ4n) is 4.57. The summed E-state index contributed by atoms with van der Waals surface area (Å²) in [5, 5.41) is 0. The molecule has 1 heterocycles. The Hall–Kier alpha value is -2.33. The van der Waals surface area contributed by atoms with Gasteiger partial charge in [-0.25, -0.2) is 0 Å². The zero-order valence-corrected chi connectivity index (χ0v) is 19.7. The molecule has 0 aromatic heterocycles. The maximum atomic E-state index is 12.5. The Labute approximate surface area is 187 Å². The number of amides is 1. The quantitative estimate of drug-likeness (QED) is 0.561. The average Bonchev–Trinajstić information content (AvgIpc) is 2.77. The molecule has 0 spiro atoms. The molecule has 1 aliphatic heterocycles. The van der Waals surface area contributed by atoms with E-state index in [9.17, 15) is 4.79 Å². The van der Waals surface area contributed by atoms with Crippen LogP contribution < -0.4 is 4.74 Å². The van der Waals surface area contributed by atoms with E-state index in [0.29, 0.717) is 12.5 Å². The van der Waals surface area contributed by atoms with Gasteiger partial charge in [0.15, 0.2) is 0 Å². The summed E-state index contributed by atoms with van der Waals surface area (Å²) in [6.07, 6.45) is 3.19. The van der Waals surface area contributed by atoms with Gasteiger partial charge in [-0.2, -0.15) is 0 Å². The molecule has 0 N–H and O–H groups in total. The number of hydrogen-bond donors (Lipinski definition) is 0. The van der Waals surface area contributed by atoms with E-state index in [0.717, 1.165) is 43.7 Å². The van der Waals surface area contributed by atoms with E-state index < -0.39 is 0 Å². The zero-order chi connectivity index (χ0) is 22.4. The van der Waals surface area contributed by atoms with Gasteiger partial charge < -0.3 is 14.4 Å². The number of rotatable bonds is 8. The monoisotopic (exact) mass is 423 g/mol. The van der Waals surface area contributed by atoms with Gasteiger partial charge in [-0.05, 0) is 55.4 Å². The molecule has 4 nitrogen and oxygen atoms in total. The van der Waals surface area contributed by atoms with E-state index in [-0.39, 0.29) is 17.4 Å². The lowest BCUT2D eigenvalue weighted by Gasteiger charge is -2.44. The minimum atomic E-state index is 0.0362. The summed E-state index contributed by atoms with van der Waals surface area (Å²) in [5.41, 5.74) is 3.80. The maximum Gasteiger partial charge on any atom is 0.219 e. The van der Waals surface area contributed by atoms with Crippen molar-refractivity contribution in [3.8, 4) is 5.75 Å². The summed E-state index contributed by atoms with van der Waals surface area (Å²) in [6, 6.07) is 16.9. The lowest BCUT2D eigenvalue weighted by Crippen LogP contribution is -2.43. The lowest BCUT2D eigenvalue weighted by atomic mass is 9.68. The topological polar surface area (TPSA) is 38.8 Å². The Morgan fingerprint density at radius 1 is 1.16 bits per heavy atom. The summed E-state index contributed by atoms with van der Waals surface area (Å²) >= 11 is 0. The molecular formula is C27H37NO3. The van der Waals surface area contributed by atoms with Crippen LogP contribution in [0.3, 0.4) is 0 Å². The number of carbonyl (C=O) groups is 1. The van der Waals surface area contributed by atoms with Crippen molar-refractivity contribution in [2.24, 2.45) is 5.92 Å². The van der Waals surface area contributed by atoms with Crippen LogP contribution in [0, 0.1) is 12.8 Å². The minimum Gasteiger partial charge on any atom is -0.497 e. The molecule has 0 radical (unpaired) electrons. The zero-order valence-electron chi connectivity index (χ0n) is 19.7. The summed E-state index contributed by atoms with van der Waals surface area (Å²) in [5.74, 6) is 1.43. The second-order valence-electron chi connectivity index (χ2n) is 9.29. The van der Waals surface area contributed by atoms with Crippen molar-refractivity contribution in [2.75, 3.05) is 20.3 Å². The van der Waals surface area contributed by atoms with Gasteiger partial charge in [0.1, 0.15) is 5.75 Å². The first-order valence-electron chi connectivity index (χ1n) is 11.4. The molecule has 2 atom stereocenters. The smallest absolute Gasteiger partial charge is 0.219 e. The molecule has 31 heavy (non-hydrogen) atoms. The molecule has 1 aliphatic rings. The first kappa shape index (κ1) is 23.3. The van der Waals surface area contributed by atoms with Crippen molar-refractivity contribution in [3.63, 3.8) is 0 Å². The fourth-order valence-corrected chi connectivity index (χ4v) is 4.57. The van der Waals surface area contributed by atoms with Gasteiger partial charge in [0, 0.05) is 32.0 Å². The van der Waals surface area contributed by atoms with Gasteiger partial charge in [-0.15, -0.1) is 0 Å². The van der Waals surface area contributed by atoms with E-state index in [1.165, 1.54) is 11.1 Å². The standard InChI is InChI=1S/C27H37NO3/c1-20(2)26-18-27(15-17-31-26,24-10-6-21(3)7-11-24)14-16-28(22(4)29)19-23-8-12-25(30-5)13-9-23/h6-13,20,26H,14-19H2,1-5H3. The van der Waals surface area contributed by atoms with Crippen LogP contribution >= 0.6 is 0 Å². The lowest BCUT2D eigenvalue weighted by molar-refractivity contribution is -0.130. The normalized spacial score (nSPS) is 21.2. The number of methoxy groups -OCH3 is 1. The van der Waals surface area contributed by atoms with E-state index in [4.69, 9.17) is 9.47 Å². The Bertz CT molecular complexity index is 844. The highest BCUT2D eigenvalue weighted by Gasteiger charge is 2.39. The van der Waals surface area contributed by atoms with Crippen LogP contribution in [0.4, 0.5) is 0 Å². The van der Waals surface area contributed by atoms with E-state index in [1.54, 1.807) is 14.0 Å². The second-order valence-corrected chi connectivity index (χ2v) is 9.29. The summed E-state index contributed by atoms with van der Waals surface area (Å²) < 4.78 is 11.4. The van der Waals surface area contributed by atoms with Crippen molar-refractivity contribution in [1.29, 1.82) is 0 Å². The highest BCUT2D eigenvalue weighted by Crippen LogP contribution is 2.42. The van der Waals surface area contributed by atoms with Crippen LogP contribution in [0.2, 0.25) is 0 Å². The van der Waals surface area contributed by atoms with Crippen molar-refractivity contribution >= 4 is 5.91 Å². The van der Waals surface area contributed by atoms with E-state index >= 15 is 0 Å². The molecule has 4 heteroatoms. The first-order valence-corrected chi connectivity index (χ1v) is 11.4. The molecule has 2 aromatic rings. The maximum absolute atomic E-state index is 12.5. The Balaban J connectivity index is 1.80. The average molecular weight is 424 g/mol. The molecular weight excluding hydrogens is 386 g/mol. The Morgan fingerprint density at radius 3 is 2.42 bits per heavy atom. The third-order valence-electron chi connectivity index (χ3n) is 6.75. The summed E-state index contributed by atoms with van der Waals surface area (Å²) in [7, 11) is 1.67. The SMILES string of the molecule is COc1ccc(CN(CCC2(c3ccc(C)cc3)CCOC(C(C)C)C2)C(C)=O)cc1. The van der Waals surface area contributed by atoms with E-state index in [2.05, 4.69) is 45.0 Å². The largest absolute Gasteiger partial charge is 0.497 e. The van der Waals surface area contributed by atoms with Crippen molar-refractivity contribution in [1.82, 2.24) is 4.90 Å². The third-order valence-corrected chi connectivity index (χ3v) is 6.75. The van der Waals surface area contributed by atoms with Crippen LogP contribution in [0.1, 0.15) is 56.7 Å². The molecule has 0 bridgehead atoms. The first-order chi connectivity index (χ1) is 14.8. The van der Waals surface area contributed by atoms with Gasteiger partial charge in [-0.3, -0.25) is 4.79 Å². The van der Waals surface area contributed by atoms with Crippen molar-refractivity contribution in [2.45, 2.75) is 65.0 Å². The molecule has 2 aromatic carbocycles. The van der Waals surface area contributed by atoms with Crippen LogP contribution in [0.5, 0.6) is 5.75 Å². The Morgan fingerprint density at radius 2 is 1.84 bits per heavy atom. The number of benzene rings is 2. The predicted octanol–water partition coefficient (Wildman–Crippen LogP) is 5.52. The van der Waals surface area contributed by atoms with Gasteiger partial charge in [0.05, 0.1) is 13.2 Å². The molecule has 1 fully saturated rings. The number of nitrogens with zero attached hydrogens (tertiary/aromatic N) is 1. The molecule has 1 saturated heterocycles. The molecule has 2 unspecified atom stereocenters. The number of aryl methyl sites for hydroxylation is 1. The fraction of sp³-hybridized carbons (Fsp3) is 0.519. The van der Waals surface area contributed by atoms with E-state index in [1.807, 2.05) is 29.2 Å². The minimum absolute atomic E-state index is 0.0362. The number of ether oxygens (including phenoxy) is 2. The van der Waals surface area contributed by atoms with Gasteiger partial charge in [0.25, 0.3) is 0 Å². The summed E-state index contributed by atoms with van der Waals surface area (Å²) in [4.78, 5) is 14.4. The molecule has 0 saturated carbocycles. The van der Waals surface area contributed by atoms with Gasteiger partial charge in [0.2, 0.25) is 5.91 Å². The molecule has 1 amide bonds. The second kappa shape index (κ2) is 10.3. The highest BCUT2D eigenvalue weighted by molar-refractivity contribution is 5.73. The van der Waals surface area contributed by atoms with Crippen LogP contribution in [0.25, 0.3) is 0 Å². The Kier molecular flexibility index (Phi) is 7.77. The number of hydrogen-bond acceptors (Lipinski definition) is 3. The van der Waals surface area contributed by atoms with Crippen molar-refractivity contribution in [3.05, 3.63) is 65.2 Å². The highest BCUT2D eigenvalue weighted by atomic mass is 16.5.